The third kappa shape index (κ3) is 3.56. The Hall–Kier alpha value is -4.56. The number of carbonyl (C=O) groups is 2. The maximum Gasteiger partial charge on any atom is 0.259 e. The molecule has 2 amide bonds. The summed E-state index contributed by atoms with van der Waals surface area (Å²) < 4.78 is 13.8. The molecule has 0 unspecified atom stereocenters. The van der Waals surface area contributed by atoms with Gasteiger partial charge < -0.3 is 20.7 Å². The first-order chi connectivity index (χ1) is 18.0. The highest BCUT2D eigenvalue weighted by Gasteiger charge is 2.31. The molecule has 4 N–H and O–H groups in total. The number of aromatic nitrogens is 2. The van der Waals surface area contributed by atoms with Crippen LogP contribution in [0.5, 0.6) is 0 Å². The molecule has 1 aliphatic heterocycles. The van der Waals surface area contributed by atoms with E-state index in [-0.39, 0.29) is 11.5 Å². The number of nitrogens with two attached hydrogens (primary N) is 1. The topological polar surface area (TPSA) is 112 Å². The lowest BCUT2D eigenvalue weighted by Gasteiger charge is -2.21. The lowest BCUT2D eigenvalue weighted by molar-refractivity contribution is 0.0787. The molecule has 0 bridgehead atoms. The van der Waals surface area contributed by atoms with E-state index in [1.54, 1.807) is 24.8 Å². The smallest absolute Gasteiger partial charge is 0.259 e. The maximum atomic E-state index is 13.8. The number of aromatic amines is 1. The largest absolute Gasteiger partial charge is 0.386 e. The zero-order chi connectivity index (χ0) is 26.9. The molecule has 0 aliphatic carbocycles. The Bertz CT molecular complexity index is 1820. The molecule has 1 aliphatic rings. The van der Waals surface area contributed by atoms with Crippen molar-refractivity contribution in [3.8, 4) is 11.3 Å². The zero-order valence-electron chi connectivity index (χ0n) is 21.1. The number of pyridine rings is 1. The van der Waals surface area contributed by atoms with Crippen LogP contribution in [-0.4, -0.2) is 26.9 Å². The predicted octanol–water partition coefficient (Wildman–Crippen LogP) is 5.32. The highest BCUT2D eigenvalue weighted by atomic mass is 19.1. The summed E-state index contributed by atoms with van der Waals surface area (Å²) in [6.45, 7) is 5.67. The van der Waals surface area contributed by atoms with Gasteiger partial charge in [-0.1, -0.05) is 30.3 Å². The number of halogens is 1. The van der Waals surface area contributed by atoms with Crippen LogP contribution in [0.25, 0.3) is 33.1 Å². The number of primary amides is 1. The lowest BCUT2D eigenvalue weighted by Crippen LogP contribution is -2.24. The Labute approximate surface area is 217 Å². The van der Waals surface area contributed by atoms with Crippen molar-refractivity contribution in [3.05, 3.63) is 94.4 Å². The van der Waals surface area contributed by atoms with Crippen LogP contribution in [0.3, 0.4) is 0 Å². The van der Waals surface area contributed by atoms with E-state index in [9.17, 15) is 19.1 Å². The Morgan fingerprint density at radius 3 is 2.66 bits per heavy atom. The number of aliphatic hydroxyl groups is 1. The summed E-state index contributed by atoms with van der Waals surface area (Å²) in [6.07, 6.45) is 1.46. The van der Waals surface area contributed by atoms with Gasteiger partial charge in [0.1, 0.15) is 5.82 Å². The summed E-state index contributed by atoms with van der Waals surface area (Å²) in [5, 5.41) is 12.1. The van der Waals surface area contributed by atoms with Crippen molar-refractivity contribution < 1.29 is 19.1 Å². The summed E-state index contributed by atoms with van der Waals surface area (Å²) in [4.78, 5) is 35.1. The van der Waals surface area contributed by atoms with E-state index in [2.05, 4.69) is 9.97 Å². The number of rotatable bonds is 4. The molecular formula is C30H25FN4O3. The molecule has 0 saturated carbocycles. The normalized spacial score (nSPS) is 13.5. The maximum absolute atomic E-state index is 13.8. The quantitative estimate of drug-likeness (QED) is 0.305. The zero-order valence-corrected chi connectivity index (χ0v) is 21.1. The van der Waals surface area contributed by atoms with Crippen LogP contribution in [0.15, 0.2) is 60.8 Å². The number of nitrogens with one attached hydrogen (secondary N) is 1. The molecule has 8 heteroatoms. The molecule has 0 fully saturated rings. The Morgan fingerprint density at radius 1 is 1.13 bits per heavy atom. The van der Waals surface area contributed by atoms with Gasteiger partial charge in [-0.3, -0.25) is 14.6 Å². The van der Waals surface area contributed by atoms with E-state index in [4.69, 9.17) is 5.73 Å². The minimum Gasteiger partial charge on any atom is -0.386 e. The first-order valence-corrected chi connectivity index (χ1v) is 12.2. The number of amides is 2. The Morgan fingerprint density at radius 2 is 1.92 bits per heavy atom. The highest BCUT2D eigenvalue weighted by molar-refractivity contribution is 6.19. The molecular weight excluding hydrogens is 483 g/mol. The molecule has 3 heterocycles. The number of nitrogens with zero attached hydrogens (tertiary/aromatic N) is 2. The molecule has 7 nitrogen and oxygen atoms in total. The first-order valence-electron chi connectivity index (χ1n) is 12.2. The predicted molar refractivity (Wildman–Crippen MR) is 144 cm³/mol. The van der Waals surface area contributed by atoms with Gasteiger partial charge in [0.25, 0.3) is 11.8 Å². The summed E-state index contributed by atoms with van der Waals surface area (Å²) in [6, 6.07) is 15.5. The monoisotopic (exact) mass is 508 g/mol. The van der Waals surface area contributed by atoms with Gasteiger partial charge in [0, 0.05) is 39.3 Å². The van der Waals surface area contributed by atoms with E-state index in [1.165, 1.54) is 18.3 Å². The molecule has 190 valence electrons. The van der Waals surface area contributed by atoms with Gasteiger partial charge in [-0.25, -0.2) is 4.39 Å². The summed E-state index contributed by atoms with van der Waals surface area (Å²) in [5.41, 5.74) is 10.9. The second-order valence-corrected chi connectivity index (χ2v) is 10.2. The van der Waals surface area contributed by atoms with Crippen LogP contribution in [-0.2, 0) is 12.1 Å². The van der Waals surface area contributed by atoms with E-state index >= 15 is 0 Å². The van der Waals surface area contributed by atoms with Gasteiger partial charge >= 0.3 is 0 Å². The van der Waals surface area contributed by atoms with Crippen molar-refractivity contribution in [2.45, 2.75) is 32.9 Å². The number of hydrogen-bond acceptors (Lipinski definition) is 4. The van der Waals surface area contributed by atoms with Gasteiger partial charge in [0.15, 0.2) is 0 Å². The molecule has 5 aromatic rings. The fourth-order valence-electron chi connectivity index (χ4n) is 5.32. The SMILES string of the molecule is Cc1c(-c2ncc(C(N)=O)c3[nH]c4cc(C(C)(C)O)ccc4c23)cccc1N1Cc2ccc(F)cc2C1=O. The third-order valence-electron chi connectivity index (χ3n) is 7.33. The van der Waals surface area contributed by atoms with Gasteiger partial charge in [-0.2, -0.15) is 0 Å². The van der Waals surface area contributed by atoms with Crippen LogP contribution in [0.4, 0.5) is 10.1 Å². The van der Waals surface area contributed by atoms with E-state index in [0.29, 0.717) is 34.6 Å². The third-order valence-corrected chi connectivity index (χ3v) is 7.33. The van der Waals surface area contributed by atoms with Gasteiger partial charge in [0.05, 0.1) is 28.9 Å². The highest BCUT2D eigenvalue weighted by Crippen LogP contribution is 2.40. The van der Waals surface area contributed by atoms with E-state index < -0.39 is 17.3 Å². The minimum absolute atomic E-state index is 0.255. The second-order valence-electron chi connectivity index (χ2n) is 10.2. The van der Waals surface area contributed by atoms with Crippen LogP contribution in [0, 0.1) is 12.7 Å². The molecule has 3 aromatic carbocycles. The molecule has 2 aromatic heterocycles. The van der Waals surface area contributed by atoms with Crippen molar-refractivity contribution >= 4 is 39.3 Å². The van der Waals surface area contributed by atoms with Crippen LogP contribution < -0.4 is 10.6 Å². The average Bonchev–Trinajstić information content (AvgIpc) is 3.40. The fourth-order valence-corrected chi connectivity index (χ4v) is 5.32. The molecule has 0 spiro atoms. The summed E-state index contributed by atoms with van der Waals surface area (Å²) in [5.74, 6) is -1.31. The summed E-state index contributed by atoms with van der Waals surface area (Å²) >= 11 is 0. The molecule has 38 heavy (non-hydrogen) atoms. The Balaban J connectivity index is 1.56. The minimum atomic E-state index is -1.05. The standard InChI is InChI=1S/C30H25FN4O3/c1-15-19(5-4-6-24(15)35-14-16-7-9-18(31)12-21(16)29(35)37)26-25-20-10-8-17(30(2,3)38)11-23(20)34-27(25)22(13-33-26)28(32)36/h4-13,34,38H,14H2,1-3H3,(H2,32,36). The van der Waals surface area contributed by atoms with Crippen molar-refractivity contribution in [3.63, 3.8) is 0 Å². The van der Waals surface area contributed by atoms with E-state index in [0.717, 1.165) is 33.0 Å². The fraction of sp³-hybridized carbons (Fsp3) is 0.167. The molecule has 0 radical (unpaired) electrons. The number of fused-ring (bicyclic) bond motifs is 4. The van der Waals surface area contributed by atoms with Gasteiger partial charge in [-0.15, -0.1) is 0 Å². The van der Waals surface area contributed by atoms with Crippen LogP contribution in [0.2, 0.25) is 0 Å². The molecule has 0 atom stereocenters. The van der Waals surface area contributed by atoms with Gasteiger partial charge in [0.2, 0.25) is 0 Å². The lowest BCUT2D eigenvalue weighted by atomic mass is 9.95. The molecule has 0 saturated heterocycles. The van der Waals surface area contributed by atoms with Crippen molar-refractivity contribution in [1.29, 1.82) is 0 Å². The number of carbonyl (C=O) groups excluding carboxylic acids is 2. The number of anilines is 1. The summed E-state index contributed by atoms with van der Waals surface area (Å²) in [7, 11) is 0. The first kappa shape index (κ1) is 23.8. The van der Waals surface area contributed by atoms with E-state index in [1.807, 2.05) is 43.3 Å². The van der Waals surface area contributed by atoms with Crippen molar-refractivity contribution in [2.75, 3.05) is 4.90 Å². The number of H-pyrrole nitrogens is 1. The van der Waals surface area contributed by atoms with Gasteiger partial charge in [-0.05, 0) is 61.7 Å². The van der Waals surface area contributed by atoms with Crippen LogP contribution in [0.1, 0.15) is 51.3 Å². The second kappa shape index (κ2) is 8.22. The average molecular weight is 509 g/mol. The number of hydrogen-bond donors (Lipinski definition) is 3. The Kier molecular flexibility index (Phi) is 5.15. The van der Waals surface area contributed by atoms with Crippen LogP contribution >= 0.6 is 0 Å². The van der Waals surface area contributed by atoms with Crippen molar-refractivity contribution in [1.82, 2.24) is 9.97 Å². The van der Waals surface area contributed by atoms with Crippen molar-refractivity contribution in [2.24, 2.45) is 5.73 Å². The number of benzene rings is 3. The molecule has 6 rings (SSSR count).